The highest BCUT2D eigenvalue weighted by Gasteiger charge is 2.41. The molecule has 0 atom stereocenters. The molecule has 1 spiro atoms. The molecule has 6 nitrogen and oxygen atoms in total. The van der Waals surface area contributed by atoms with E-state index in [1.807, 2.05) is 29.2 Å². The van der Waals surface area contributed by atoms with Crippen LogP contribution in [0.5, 0.6) is 0 Å². The van der Waals surface area contributed by atoms with Gasteiger partial charge in [-0.05, 0) is 6.07 Å². The van der Waals surface area contributed by atoms with Crippen molar-refractivity contribution in [3.8, 4) is 0 Å². The largest absolute Gasteiger partial charge is 0.347 e. The number of aromatic amines is 1. The summed E-state index contributed by atoms with van der Waals surface area (Å²) in [5.41, 5.74) is 1.38. The average molecular weight is 287 g/mol. The number of nitrogens with one attached hydrogen (secondary N) is 1. The molecule has 4 rings (SSSR count). The lowest BCUT2D eigenvalue weighted by atomic mass is 10.0. The van der Waals surface area contributed by atoms with Gasteiger partial charge in [0.15, 0.2) is 11.5 Å². The number of ether oxygens (including phenoxy) is 2. The maximum Gasteiger partial charge on any atom is 0.274 e. The molecule has 2 saturated heterocycles. The van der Waals surface area contributed by atoms with Gasteiger partial charge in [0.1, 0.15) is 0 Å². The van der Waals surface area contributed by atoms with Crippen LogP contribution in [0, 0.1) is 0 Å². The second-order valence-electron chi connectivity index (χ2n) is 5.52. The minimum absolute atomic E-state index is 0.0275. The number of likely N-dealkylation sites (tertiary alicyclic amines) is 1. The van der Waals surface area contributed by atoms with Crippen LogP contribution in [0.15, 0.2) is 24.3 Å². The fourth-order valence-electron chi connectivity index (χ4n) is 3.11. The van der Waals surface area contributed by atoms with Crippen LogP contribution in [0.3, 0.4) is 0 Å². The monoisotopic (exact) mass is 287 g/mol. The van der Waals surface area contributed by atoms with Crippen LogP contribution >= 0.6 is 0 Å². The van der Waals surface area contributed by atoms with Crippen LogP contribution in [0.4, 0.5) is 0 Å². The Bertz CT molecular complexity index is 666. The van der Waals surface area contributed by atoms with Crippen molar-refractivity contribution in [3.63, 3.8) is 0 Å². The Labute approximate surface area is 122 Å². The van der Waals surface area contributed by atoms with E-state index in [4.69, 9.17) is 9.47 Å². The number of aromatic nitrogens is 2. The summed E-state index contributed by atoms with van der Waals surface area (Å²) in [6, 6.07) is 7.68. The third-order valence-electron chi connectivity index (χ3n) is 4.30. The first-order valence-corrected chi connectivity index (χ1v) is 7.28. The molecule has 2 aliphatic heterocycles. The fourth-order valence-corrected chi connectivity index (χ4v) is 3.11. The molecule has 110 valence electrons. The molecule has 1 aromatic heterocycles. The molecule has 0 bridgehead atoms. The Morgan fingerprint density at radius 3 is 2.67 bits per heavy atom. The Balaban J connectivity index is 1.53. The normalized spacial score (nSPS) is 21.2. The number of nitrogens with zero attached hydrogens (tertiary/aromatic N) is 2. The Kier molecular flexibility index (Phi) is 2.94. The van der Waals surface area contributed by atoms with Crippen LogP contribution in [0.25, 0.3) is 10.9 Å². The standard InChI is InChI=1S/C15H17N3O3/c19-14(13-11-3-1-2-4-12(11)16-17-13)18-7-5-15(6-8-18)20-9-10-21-15/h1-4H,5-10H2,(H,16,17). The number of para-hydroxylation sites is 1. The minimum Gasteiger partial charge on any atom is -0.347 e. The Morgan fingerprint density at radius 1 is 1.19 bits per heavy atom. The number of hydrogen-bond acceptors (Lipinski definition) is 4. The van der Waals surface area contributed by atoms with Crippen molar-refractivity contribution < 1.29 is 14.3 Å². The van der Waals surface area contributed by atoms with Gasteiger partial charge in [0, 0.05) is 31.3 Å². The summed E-state index contributed by atoms with van der Waals surface area (Å²) in [5.74, 6) is -0.481. The summed E-state index contributed by atoms with van der Waals surface area (Å²) in [7, 11) is 0. The Hall–Kier alpha value is -1.92. The maximum absolute atomic E-state index is 12.6. The van der Waals surface area contributed by atoms with E-state index in [2.05, 4.69) is 10.2 Å². The molecule has 0 radical (unpaired) electrons. The van der Waals surface area contributed by atoms with Crippen molar-refractivity contribution >= 4 is 16.8 Å². The van der Waals surface area contributed by atoms with Gasteiger partial charge in [-0.3, -0.25) is 9.89 Å². The number of benzene rings is 1. The molecule has 1 N–H and O–H groups in total. The zero-order valence-electron chi connectivity index (χ0n) is 11.7. The first-order valence-electron chi connectivity index (χ1n) is 7.28. The number of rotatable bonds is 1. The lowest BCUT2D eigenvalue weighted by molar-refractivity contribution is -0.181. The predicted octanol–water partition coefficient (Wildman–Crippen LogP) is 1.54. The van der Waals surface area contributed by atoms with Gasteiger partial charge >= 0.3 is 0 Å². The zero-order chi connectivity index (χ0) is 14.3. The molecule has 0 aliphatic carbocycles. The molecule has 6 heteroatoms. The van der Waals surface area contributed by atoms with Crippen molar-refractivity contribution in [2.45, 2.75) is 18.6 Å². The van der Waals surface area contributed by atoms with Crippen molar-refractivity contribution in [1.82, 2.24) is 15.1 Å². The minimum atomic E-state index is -0.454. The number of piperidine rings is 1. The third-order valence-corrected chi connectivity index (χ3v) is 4.30. The van der Waals surface area contributed by atoms with Crippen molar-refractivity contribution in [3.05, 3.63) is 30.0 Å². The van der Waals surface area contributed by atoms with E-state index >= 15 is 0 Å². The number of carbonyl (C=O) groups excluding carboxylic acids is 1. The van der Waals surface area contributed by atoms with E-state index in [0.29, 0.717) is 32.0 Å². The van der Waals surface area contributed by atoms with Crippen molar-refractivity contribution in [1.29, 1.82) is 0 Å². The second kappa shape index (κ2) is 4.82. The summed E-state index contributed by atoms with van der Waals surface area (Å²) in [6.07, 6.45) is 1.45. The highest BCUT2D eigenvalue weighted by molar-refractivity contribution is 6.04. The predicted molar refractivity (Wildman–Crippen MR) is 75.9 cm³/mol. The molecule has 0 unspecified atom stereocenters. The summed E-state index contributed by atoms with van der Waals surface area (Å²) in [5, 5.41) is 7.96. The molecule has 1 amide bonds. The summed E-state index contributed by atoms with van der Waals surface area (Å²) >= 11 is 0. The lowest BCUT2D eigenvalue weighted by Crippen LogP contribution is -2.47. The van der Waals surface area contributed by atoms with Crippen LogP contribution in [-0.4, -0.2) is 53.1 Å². The van der Waals surface area contributed by atoms with Crippen molar-refractivity contribution in [2.75, 3.05) is 26.3 Å². The van der Waals surface area contributed by atoms with Gasteiger partial charge in [0.2, 0.25) is 0 Å². The van der Waals surface area contributed by atoms with Crippen molar-refractivity contribution in [2.24, 2.45) is 0 Å². The third kappa shape index (κ3) is 2.11. The van der Waals surface area contributed by atoms with E-state index in [0.717, 1.165) is 23.7 Å². The topological polar surface area (TPSA) is 67.5 Å². The summed E-state index contributed by atoms with van der Waals surface area (Å²) in [6.45, 7) is 2.58. The maximum atomic E-state index is 12.6. The van der Waals surface area contributed by atoms with Gasteiger partial charge < -0.3 is 14.4 Å². The number of H-pyrrole nitrogens is 1. The van der Waals surface area contributed by atoms with Crippen LogP contribution in [-0.2, 0) is 9.47 Å². The van der Waals surface area contributed by atoms with Gasteiger partial charge in [-0.2, -0.15) is 5.10 Å². The summed E-state index contributed by atoms with van der Waals surface area (Å²) in [4.78, 5) is 14.5. The van der Waals surface area contributed by atoms with Gasteiger partial charge in [-0.25, -0.2) is 0 Å². The smallest absolute Gasteiger partial charge is 0.274 e. The molecule has 2 fully saturated rings. The number of hydrogen-bond donors (Lipinski definition) is 1. The number of carbonyl (C=O) groups is 1. The fraction of sp³-hybridized carbons (Fsp3) is 0.467. The van der Waals surface area contributed by atoms with E-state index < -0.39 is 5.79 Å². The van der Waals surface area contributed by atoms with E-state index in [-0.39, 0.29) is 5.91 Å². The molecular formula is C15H17N3O3. The van der Waals surface area contributed by atoms with Gasteiger partial charge in [-0.15, -0.1) is 0 Å². The zero-order valence-corrected chi connectivity index (χ0v) is 11.7. The van der Waals surface area contributed by atoms with E-state index in [1.54, 1.807) is 0 Å². The summed E-state index contributed by atoms with van der Waals surface area (Å²) < 4.78 is 11.4. The van der Waals surface area contributed by atoms with Gasteiger partial charge in [-0.1, -0.05) is 18.2 Å². The molecule has 0 saturated carbocycles. The Morgan fingerprint density at radius 2 is 1.90 bits per heavy atom. The first kappa shape index (κ1) is 12.8. The van der Waals surface area contributed by atoms with E-state index in [1.165, 1.54) is 0 Å². The van der Waals surface area contributed by atoms with Gasteiger partial charge in [0.05, 0.1) is 18.7 Å². The number of fused-ring (bicyclic) bond motifs is 1. The van der Waals surface area contributed by atoms with Gasteiger partial charge in [0.25, 0.3) is 5.91 Å². The highest BCUT2D eigenvalue weighted by atomic mass is 16.7. The quantitative estimate of drug-likeness (QED) is 0.864. The second-order valence-corrected chi connectivity index (χ2v) is 5.52. The molecular weight excluding hydrogens is 270 g/mol. The number of amides is 1. The molecule has 2 aromatic rings. The lowest BCUT2D eigenvalue weighted by Gasteiger charge is -2.37. The molecule has 2 aliphatic rings. The van der Waals surface area contributed by atoms with Crippen LogP contribution < -0.4 is 0 Å². The van der Waals surface area contributed by atoms with E-state index in [9.17, 15) is 4.79 Å². The first-order chi connectivity index (χ1) is 10.3. The van der Waals surface area contributed by atoms with Crippen LogP contribution in [0.1, 0.15) is 23.3 Å². The molecule has 1 aromatic carbocycles. The van der Waals surface area contributed by atoms with Crippen LogP contribution in [0.2, 0.25) is 0 Å². The SMILES string of the molecule is O=C(c1n[nH]c2ccccc12)N1CCC2(CC1)OCCO2. The average Bonchev–Trinajstić information content (AvgIpc) is 3.15. The molecule has 3 heterocycles. The molecule has 21 heavy (non-hydrogen) atoms. The highest BCUT2D eigenvalue weighted by Crippen LogP contribution is 2.32.